The lowest BCUT2D eigenvalue weighted by atomic mass is 10.2. The zero-order chi connectivity index (χ0) is 12.3. The van der Waals surface area contributed by atoms with Gasteiger partial charge in [0, 0.05) is 16.9 Å². The standard InChI is InChI=1S/C13H15BrN2O/c1-10-9-12(3-4-13(10)14)17-8-7-16-6-5-15-11(16)2/h3-6,9H,7-8H2,1-2H3. The first-order chi connectivity index (χ1) is 8.16. The number of benzene rings is 1. The molecule has 17 heavy (non-hydrogen) atoms. The second-order valence-electron chi connectivity index (χ2n) is 3.93. The number of rotatable bonds is 4. The van der Waals surface area contributed by atoms with Crippen molar-refractivity contribution in [1.29, 1.82) is 0 Å². The second kappa shape index (κ2) is 5.36. The molecule has 0 spiro atoms. The van der Waals surface area contributed by atoms with Gasteiger partial charge < -0.3 is 9.30 Å². The van der Waals surface area contributed by atoms with Crippen LogP contribution in [0.15, 0.2) is 35.1 Å². The van der Waals surface area contributed by atoms with Crippen LogP contribution in [0.25, 0.3) is 0 Å². The van der Waals surface area contributed by atoms with Gasteiger partial charge in [-0.2, -0.15) is 0 Å². The van der Waals surface area contributed by atoms with Crippen LogP contribution in [-0.2, 0) is 6.54 Å². The fraction of sp³-hybridized carbons (Fsp3) is 0.308. The summed E-state index contributed by atoms with van der Waals surface area (Å²) in [6.45, 7) is 5.51. The molecule has 1 aromatic heterocycles. The van der Waals surface area contributed by atoms with Crippen LogP contribution in [0.1, 0.15) is 11.4 Å². The van der Waals surface area contributed by atoms with Gasteiger partial charge in [-0.25, -0.2) is 4.98 Å². The van der Waals surface area contributed by atoms with E-state index in [4.69, 9.17) is 4.74 Å². The molecule has 0 saturated carbocycles. The highest BCUT2D eigenvalue weighted by Gasteiger charge is 2.00. The second-order valence-corrected chi connectivity index (χ2v) is 4.78. The van der Waals surface area contributed by atoms with Crippen LogP contribution in [-0.4, -0.2) is 16.2 Å². The number of ether oxygens (including phenoxy) is 1. The van der Waals surface area contributed by atoms with Crippen molar-refractivity contribution in [3.05, 3.63) is 46.5 Å². The van der Waals surface area contributed by atoms with Gasteiger partial charge in [-0.05, 0) is 37.6 Å². The minimum absolute atomic E-state index is 0.651. The molecule has 0 bridgehead atoms. The van der Waals surface area contributed by atoms with Crippen molar-refractivity contribution < 1.29 is 4.74 Å². The highest BCUT2D eigenvalue weighted by Crippen LogP contribution is 2.21. The summed E-state index contributed by atoms with van der Waals surface area (Å²) in [7, 11) is 0. The molecule has 3 nitrogen and oxygen atoms in total. The van der Waals surface area contributed by atoms with E-state index >= 15 is 0 Å². The molecule has 4 heteroatoms. The van der Waals surface area contributed by atoms with Gasteiger partial charge in [0.05, 0.1) is 6.54 Å². The lowest BCUT2D eigenvalue weighted by Crippen LogP contribution is -2.08. The van der Waals surface area contributed by atoms with Gasteiger partial charge >= 0.3 is 0 Å². The third-order valence-corrected chi connectivity index (χ3v) is 3.54. The number of hydrogen-bond donors (Lipinski definition) is 0. The van der Waals surface area contributed by atoms with E-state index in [1.54, 1.807) is 6.20 Å². The van der Waals surface area contributed by atoms with E-state index in [1.807, 2.05) is 31.3 Å². The molecule has 0 amide bonds. The van der Waals surface area contributed by atoms with Gasteiger partial charge in [-0.15, -0.1) is 0 Å². The fourth-order valence-electron chi connectivity index (χ4n) is 1.61. The molecule has 0 aliphatic heterocycles. The highest BCUT2D eigenvalue weighted by atomic mass is 79.9. The summed E-state index contributed by atoms with van der Waals surface area (Å²) >= 11 is 3.47. The number of hydrogen-bond acceptors (Lipinski definition) is 2. The first kappa shape index (κ1) is 12.2. The van der Waals surface area contributed by atoms with Crippen LogP contribution in [0.4, 0.5) is 0 Å². The van der Waals surface area contributed by atoms with E-state index in [2.05, 4.69) is 32.4 Å². The Morgan fingerprint density at radius 2 is 2.18 bits per heavy atom. The summed E-state index contributed by atoms with van der Waals surface area (Å²) < 4.78 is 8.88. The Kier molecular flexibility index (Phi) is 3.84. The molecule has 0 radical (unpaired) electrons. The van der Waals surface area contributed by atoms with E-state index in [-0.39, 0.29) is 0 Å². The number of nitrogens with zero attached hydrogens (tertiary/aromatic N) is 2. The Morgan fingerprint density at radius 3 is 2.82 bits per heavy atom. The van der Waals surface area contributed by atoms with Gasteiger partial charge in [0.1, 0.15) is 18.2 Å². The maximum atomic E-state index is 5.70. The van der Waals surface area contributed by atoms with Gasteiger partial charge in [0.2, 0.25) is 0 Å². The van der Waals surface area contributed by atoms with Crippen molar-refractivity contribution >= 4 is 15.9 Å². The van der Waals surface area contributed by atoms with E-state index in [9.17, 15) is 0 Å². The van der Waals surface area contributed by atoms with Gasteiger partial charge in [0.15, 0.2) is 0 Å². The van der Waals surface area contributed by atoms with Gasteiger partial charge in [-0.3, -0.25) is 0 Å². The SMILES string of the molecule is Cc1cc(OCCn2ccnc2C)ccc1Br. The highest BCUT2D eigenvalue weighted by molar-refractivity contribution is 9.10. The molecule has 0 saturated heterocycles. The number of aromatic nitrogens is 2. The molecule has 0 atom stereocenters. The zero-order valence-electron chi connectivity index (χ0n) is 9.98. The summed E-state index contributed by atoms with van der Waals surface area (Å²) in [5, 5.41) is 0. The molecule has 0 aliphatic rings. The predicted octanol–water partition coefficient (Wildman–Crippen LogP) is 3.34. The quantitative estimate of drug-likeness (QED) is 0.865. The van der Waals surface area contributed by atoms with E-state index in [0.29, 0.717) is 6.61 Å². The van der Waals surface area contributed by atoms with Crippen molar-refractivity contribution in [2.24, 2.45) is 0 Å². The van der Waals surface area contributed by atoms with Crippen molar-refractivity contribution in [2.75, 3.05) is 6.61 Å². The minimum Gasteiger partial charge on any atom is -0.492 e. The molecular weight excluding hydrogens is 280 g/mol. The third-order valence-electron chi connectivity index (χ3n) is 2.65. The Labute approximate surface area is 110 Å². The Balaban J connectivity index is 1.90. The van der Waals surface area contributed by atoms with Crippen molar-refractivity contribution in [2.45, 2.75) is 20.4 Å². The molecule has 0 N–H and O–H groups in total. The molecule has 2 aromatic rings. The molecule has 2 rings (SSSR count). The third kappa shape index (κ3) is 3.09. The van der Waals surface area contributed by atoms with Crippen molar-refractivity contribution in [3.8, 4) is 5.75 Å². The summed E-state index contributed by atoms with van der Waals surface area (Å²) in [5.74, 6) is 1.92. The first-order valence-corrected chi connectivity index (χ1v) is 6.33. The summed E-state index contributed by atoms with van der Waals surface area (Å²) in [6, 6.07) is 6.01. The maximum absolute atomic E-state index is 5.70. The van der Waals surface area contributed by atoms with E-state index < -0.39 is 0 Å². The summed E-state index contributed by atoms with van der Waals surface area (Å²) in [4.78, 5) is 4.17. The van der Waals surface area contributed by atoms with Crippen LogP contribution in [0, 0.1) is 13.8 Å². The number of imidazole rings is 1. The van der Waals surface area contributed by atoms with Crippen LogP contribution < -0.4 is 4.74 Å². The van der Waals surface area contributed by atoms with E-state index in [1.165, 1.54) is 5.56 Å². The molecule has 90 valence electrons. The monoisotopic (exact) mass is 294 g/mol. The van der Waals surface area contributed by atoms with Gasteiger partial charge in [-0.1, -0.05) is 15.9 Å². The molecule has 0 fully saturated rings. The van der Waals surface area contributed by atoms with Crippen LogP contribution in [0.3, 0.4) is 0 Å². The molecular formula is C13H15BrN2O. The first-order valence-electron chi connectivity index (χ1n) is 5.53. The Bertz CT molecular complexity index is 508. The molecule has 1 heterocycles. The van der Waals surface area contributed by atoms with Crippen LogP contribution in [0.5, 0.6) is 5.75 Å². The smallest absolute Gasteiger partial charge is 0.119 e. The van der Waals surface area contributed by atoms with Gasteiger partial charge in [0.25, 0.3) is 0 Å². The minimum atomic E-state index is 0.651. The molecule has 0 aliphatic carbocycles. The van der Waals surface area contributed by atoms with Crippen molar-refractivity contribution in [1.82, 2.24) is 9.55 Å². The number of aryl methyl sites for hydroxylation is 2. The Hall–Kier alpha value is -1.29. The zero-order valence-corrected chi connectivity index (χ0v) is 11.6. The predicted molar refractivity (Wildman–Crippen MR) is 71.3 cm³/mol. The Morgan fingerprint density at radius 1 is 1.35 bits per heavy atom. The van der Waals surface area contributed by atoms with Crippen LogP contribution in [0.2, 0.25) is 0 Å². The lowest BCUT2D eigenvalue weighted by Gasteiger charge is -2.09. The van der Waals surface area contributed by atoms with Crippen LogP contribution >= 0.6 is 15.9 Å². The summed E-state index contributed by atoms with van der Waals surface area (Å²) in [6.07, 6.45) is 3.77. The fourth-order valence-corrected chi connectivity index (χ4v) is 1.86. The normalized spacial score (nSPS) is 10.5. The van der Waals surface area contributed by atoms with Crippen molar-refractivity contribution in [3.63, 3.8) is 0 Å². The topological polar surface area (TPSA) is 27.1 Å². The average Bonchev–Trinajstić information content (AvgIpc) is 2.70. The average molecular weight is 295 g/mol. The summed E-state index contributed by atoms with van der Waals surface area (Å²) in [5.41, 5.74) is 1.18. The lowest BCUT2D eigenvalue weighted by molar-refractivity contribution is 0.297. The van der Waals surface area contributed by atoms with E-state index in [0.717, 1.165) is 22.6 Å². The molecule has 1 aromatic carbocycles. The molecule has 0 unspecified atom stereocenters. The largest absolute Gasteiger partial charge is 0.492 e. The maximum Gasteiger partial charge on any atom is 0.119 e. The number of halogens is 1.